The number of carbonyl (C=O) groups excluding carboxylic acids is 2. The van der Waals surface area contributed by atoms with Gasteiger partial charge < -0.3 is 9.80 Å². The summed E-state index contributed by atoms with van der Waals surface area (Å²) in [4.78, 5) is 28.8. The van der Waals surface area contributed by atoms with Crippen molar-refractivity contribution in [2.24, 2.45) is 11.8 Å². The third-order valence-electron chi connectivity index (χ3n) is 6.42. The summed E-state index contributed by atoms with van der Waals surface area (Å²) in [5, 5.41) is 0. The molecule has 1 amide bonds. The minimum atomic E-state index is 0.102. The summed E-state index contributed by atoms with van der Waals surface area (Å²) in [7, 11) is 0. The first kappa shape index (κ1) is 19.7. The molecule has 0 spiro atoms. The molecule has 29 heavy (non-hydrogen) atoms. The molecule has 0 radical (unpaired) electrons. The van der Waals surface area contributed by atoms with Gasteiger partial charge >= 0.3 is 0 Å². The summed E-state index contributed by atoms with van der Waals surface area (Å²) in [5.41, 5.74) is 3.05. The van der Waals surface area contributed by atoms with E-state index in [9.17, 15) is 9.59 Å². The molecule has 1 saturated heterocycles. The molecule has 4 rings (SSSR count). The molecule has 2 aromatic rings. The molecule has 2 aromatic carbocycles. The molecule has 1 saturated carbocycles. The highest BCUT2D eigenvalue weighted by Crippen LogP contribution is 2.35. The Balaban J connectivity index is 1.41. The van der Waals surface area contributed by atoms with Crippen LogP contribution in [0.15, 0.2) is 54.6 Å². The molecule has 1 atom stereocenters. The Kier molecular flexibility index (Phi) is 5.98. The van der Waals surface area contributed by atoms with E-state index < -0.39 is 0 Å². The van der Waals surface area contributed by atoms with Crippen LogP contribution in [0.25, 0.3) is 0 Å². The Morgan fingerprint density at radius 1 is 1.03 bits per heavy atom. The number of benzene rings is 2. The van der Waals surface area contributed by atoms with Gasteiger partial charge in [-0.2, -0.15) is 0 Å². The fourth-order valence-electron chi connectivity index (χ4n) is 4.31. The maximum atomic E-state index is 13.5. The molecule has 4 heteroatoms. The first-order valence-corrected chi connectivity index (χ1v) is 10.8. The van der Waals surface area contributed by atoms with Crippen molar-refractivity contribution in [2.45, 2.75) is 38.6 Å². The van der Waals surface area contributed by atoms with Crippen LogP contribution in [-0.2, 0) is 4.79 Å². The van der Waals surface area contributed by atoms with Crippen molar-refractivity contribution in [3.05, 3.63) is 65.7 Å². The fourth-order valence-corrected chi connectivity index (χ4v) is 4.31. The van der Waals surface area contributed by atoms with Crippen LogP contribution >= 0.6 is 0 Å². The lowest BCUT2D eigenvalue weighted by Gasteiger charge is -2.37. The van der Waals surface area contributed by atoms with Crippen LogP contribution in [0.4, 0.5) is 5.69 Å². The second-order valence-corrected chi connectivity index (χ2v) is 8.49. The van der Waals surface area contributed by atoms with Gasteiger partial charge in [0.2, 0.25) is 5.91 Å². The van der Waals surface area contributed by atoms with E-state index in [1.54, 1.807) is 0 Å². The summed E-state index contributed by atoms with van der Waals surface area (Å²) < 4.78 is 0. The van der Waals surface area contributed by atoms with E-state index >= 15 is 0 Å². The lowest BCUT2D eigenvalue weighted by atomic mass is 9.93. The number of amides is 1. The summed E-state index contributed by atoms with van der Waals surface area (Å²) in [5.74, 6) is 1.11. The van der Waals surface area contributed by atoms with Crippen molar-refractivity contribution in [2.75, 3.05) is 24.5 Å². The third-order valence-corrected chi connectivity index (χ3v) is 6.42. The molecule has 0 N–H and O–H groups in total. The van der Waals surface area contributed by atoms with E-state index in [1.807, 2.05) is 30.3 Å². The topological polar surface area (TPSA) is 40.6 Å². The number of piperidine rings is 1. The van der Waals surface area contributed by atoms with Gasteiger partial charge in [0, 0.05) is 36.8 Å². The van der Waals surface area contributed by atoms with Gasteiger partial charge in [-0.05, 0) is 68.4 Å². The van der Waals surface area contributed by atoms with Crippen LogP contribution in [0.1, 0.15) is 54.6 Å². The van der Waals surface area contributed by atoms with Crippen molar-refractivity contribution < 1.29 is 9.59 Å². The van der Waals surface area contributed by atoms with Crippen molar-refractivity contribution in [3.63, 3.8) is 0 Å². The minimum absolute atomic E-state index is 0.102. The molecule has 2 fully saturated rings. The van der Waals surface area contributed by atoms with Crippen LogP contribution in [0, 0.1) is 11.8 Å². The number of hydrogen-bond donors (Lipinski definition) is 0. The van der Waals surface area contributed by atoms with Gasteiger partial charge in [-0.1, -0.05) is 30.3 Å². The van der Waals surface area contributed by atoms with E-state index in [1.165, 1.54) is 18.4 Å². The maximum Gasteiger partial charge on any atom is 0.226 e. The van der Waals surface area contributed by atoms with Crippen LogP contribution in [-0.4, -0.2) is 36.7 Å². The van der Waals surface area contributed by atoms with Gasteiger partial charge in [-0.25, -0.2) is 0 Å². The van der Waals surface area contributed by atoms with Crippen molar-refractivity contribution >= 4 is 17.9 Å². The van der Waals surface area contributed by atoms with Crippen LogP contribution in [0.3, 0.4) is 0 Å². The Morgan fingerprint density at radius 3 is 2.28 bits per heavy atom. The first-order valence-electron chi connectivity index (χ1n) is 10.8. The second kappa shape index (κ2) is 8.81. The summed E-state index contributed by atoms with van der Waals surface area (Å²) >= 11 is 0. The van der Waals surface area contributed by atoms with Gasteiger partial charge in [0.15, 0.2) is 0 Å². The third kappa shape index (κ3) is 4.69. The molecule has 0 aromatic heterocycles. The zero-order valence-corrected chi connectivity index (χ0v) is 17.2. The average molecular weight is 391 g/mol. The molecule has 4 nitrogen and oxygen atoms in total. The smallest absolute Gasteiger partial charge is 0.226 e. The lowest BCUT2D eigenvalue weighted by Crippen LogP contribution is -2.44. The Morgan fingerprint density at radius 2 is 1.69 bits per heavy atom. The SMILES string of the molecule is C[C@@H](c1ccccc1)N(CC1CC1)C(=O)C1CCN(c2ccc(C=O)cc2)CC1. The number of nitrogens with zero attached hydrogens (tertiary/aromatic N) is 2. The normalized spacial score (nSPS) is 18.3. The molecule has 1 heterocycles. The molecule has 0 bridgehead atoms. The van der Waals surface area contributed by atoms with E-state index in [2.05, 4.69) is 41.0 Å². The number of rotatable bonds is 7. The number of carbonyl (C=O) groups is 2. The van der Waals surface area contributed by atoms with Crippen LogP contribution in [0.5, 0.6) is 0 Å². The highest BCUT2D eigenvalue weighted by molar-refractivity contribution is 5.80. The van der Waals surface area contributed by atoms with Gasteiger partial charge in [0.1, 0.15) is 6.29 Å². The van der Waals surface area contributed by atoms with E-state index in [-0.39, 0.29) is 12.0 Å². The first-order chi connectivity index (χ1) is 14.2. The maximum absolute atomic E-state index is 13.5. The lowest BCUT2D eigenvalue weighted by molar-refractivity contribution is -0.138. The summed E-state index contributed by atoms with van der Waals surface area (Å²) in [6, 6.07) is 18.2. The zero-order chi connectivity index (χ0) is 20.2. The van der Waals surface area contributed by atoms with Gasteiger partial charge in [-0.15, -0.1) is 0 Å². The Labute approximate surface area is 173 Å². The summed E-state index contributed by atoms with van der Waals surface area (Å²) in [6.07, 6.45) is 5.14. The molecule has 2 aliphatic rings. The second-order valence-electron chi connectivity index (χ2n) is 8.49. The molecular weight excluding hydrogens is 360 g/mol. The van der Waals surface area contributed by atoms with E-state index in [0.717, 1.165) is 44.4 Å². The largest absolute Gasteiger partial charge is 0.371 e. The molecule has 1 aliphatic carbocycles. The van der Waals surface area contributed by atoms with Crippen molar-refractivity contribution in [1.82, 2.24) is 4.90 Å². The zero-order valence-electron chi connectivity index (χ0n) is 17.2. The predicted molar refractivity (Wildman–Crippen MR) is 116 cm³/mol. The highest BCUT2D eigenvalue weighted by Gasteiger charge is 2.34. The minimum Gasteiger partial charge on any atom is -0.371 e. The van der Waals surface area contributed by atoms with Crippen LogP contribution < -0.4 is 4.90 Å². The molecule has 152 valence electrons. The number of hydrogen-bond acceptors (Lipinski definition) is 3. The van der Waals surface area contributed by atoms with Crippen LogP contribution in [0.2, 0.25) is 0 Å². The number of aldehydes is 1. The van der Waals surface area contributed by atoms with E-state index in [0.29, 0.717) is 17.4 Å². The van der Waals surface area contributed by atoms with Crippen molar-refractivity contribution in [1.29, 1.82) is 0 Å². The van der Waals surface area contributed by atoms with Gasteiger partial charge in [-0.3, -0.25) is 9.59 Å². The quantitative estimate of drug-likeness (QED) is 0.643. The molecule has 1 aliphatic heterocycles. The van der Waals surface area contributed by atoms with Gasteiger partial charge in [0.25, 0.3) is 0 Å². The fraction of sp³-hybridized carbons (Fsp3) is 0.440. The number of anilines is 1. The molecule has 0 unspecified atom stereocenters. The van der Waals surface area contributed by atoms with Crippen molar-refractivity contribution in [3.8, 4) is 0 Å². The summed E-state index contributed by atoms with van der Waals surface area (Å²) in [6.45, 7) is 4.82. The average Bonchev–Trinajstić information content (AvgIpc) is 3.62. The predicted octanol–water partition coefficient (Wildman–Crippen LogP) is 4.72. The Hall–Kier alpha value is -2.62. The standard InChI is InChI=1S/C25H30N2O2/c1-19(22-5-3-2-4-6-22)27(17-20-7-8-20)25(29)23-13-15-26(16-14-23)24-11-9-21(18-28)10-12-24/h2-6,9-12,18-20,23H,7-8,13-17H2,1H3/t19-/m0/s1. The monoisotopic (exact) mass is 390 g/mol. The molecular formula is C25H30N2O2. The van der Waals surface area contributed by atoms with Gasteiger partial charge in [0.05, 0.1) is 6.04 Å². The Bertz CT molecular complexity index is 822. The highest BCUT2D eigenvalue weighted by atomic mass is 16.2. The van der Waals surface area contributed by atoms with E-state index in [4.69, 9.17) is 0 Å².